The van der Waals surface area contributed by atoms with Crippen molar-refractivity contribution in [2.75, 3.05) is 55.1 Å². The van der Waals surface area contributed by atoms with Gasteiger partial charge in [-0.1, -0.05) is 35.9 Å². The zero-order valence-electron chi connectivity index (χ0n) is 21.0. The summed E-state index contributed by atoms with van der Waals surface area (Å²) in [6, 6.07) is 13.9. The van der Waals surface area contributed by atoms with Crippen LogP contribution in [0.25, 0.3) is 0 Å². The minimum absolute atomic E-state index is 0.0757. The van der Waals surface area contributed by atoms with E-state index < -0.39 is 16.1 Å². The lowest BCUT2D eigenvalue weighted by Gasteiger charge is -2.38. The molecule has 4 rings (SSSR count). The largest absolute Gasteiger partial charge is 0.366 e. The first-order chi connectivity index (χ1) is 17.7. The maximum absolute atomic E-state index is 13.6. The molecule has 0 aromatic heterocycles. The van der Waals surface area contributed by atoms with E-state index in [1.807, 2.05) is 24.3 Å². The number of sulfonamides is 1. The van der Waals surface area contributed by atoms with Gasteiger partial charge in [0.2, 0.25) is 21.8 Å². The second-order valence-electron chi connectivity index (χ2n) is 9.62. The van der Waals surface area contributed by atoms with Crippen molar-refractivity contribution in [1.82, 2.24) is 15.5 Å². The van der Waals surface area contributed by atoms with Gasteiger partial charge in [0.25, 0.3) is 0 Å². The average Bonchev–Trinajstić information content (AvgIpc) is 2.89. The van der Waals surface area contributed by atoms with E-state index in [1.54, 1.807) is 29.2 Å². The Hall–Kier alpha value is -2.82. The van der Waals surface area contributed by atoms with Gasteiger partial charge in [-0.25, -0.2) is 8.42 Å². The predicted molar refractivity (Wildman–Crippen MR) is 146 cm³/mol. The number of hydrogen-bond donors (Lipinski definition) is 3. The van der Waals surface area contributed by atoms with E-state index >= 15 is 0 Å². The van der Waals surface area contributed by atoms with Gasteiger partial charge >= 0.3 is 0 Å². The van der Waals surface area contributed by atoms with E-state index in [4.69, 9.17) is 11.6 Å². The van der Waals surface area contributed by atoms with E-state index in [-0.39, 0.29) is 17.7 Å². The van der Waals surface area contributed by atoms with E-state index in [0.29, 0.717) is 43.3 Å². The highest BCUT2D eigenvalue weighted by Crippen LogP contribution is 2.27. The number of piperidine rings is 1. The summed E-state index contributed by atoms with van der Waals surface area (Å²) in [4.78, 5) is 30.5. The molecule has 2 aliphatic heterocycles. The minimum atomic E-state index is -3.42. The van der Waals surface area contributed by atoms with Crippen LogP contribution in [0.15, 0.2) is 48.5 Å². The first kappa shape index (κ1) is 27.2. The van der Waals surface area contributed by atoms with Crippen molar-refractivity contribution >= 4 is 44.8 Å². The highest BCUT2D eigenvalue weighted by Gasteiger charge is 2.31. The Morgan fingerprint density at radius 3 is 2.32 bits per heavy atom. The van der Waals surface area contributed by atoms with Crippen LogP contribution in [0.5, 0.6) is 0 Å². The monoisotopic (exact) mass is 547 g/mol. The lowest BCUT2D eigenvalue weighted by atomic mass is 9.96. The first-order valence-electron chi connectivity index (χ1n) is 12.6. The van der Waals surface area contributed by atoms with Crippen LogP contribution in [0.1, 0.15) is 18.4 Å². The molecule has 200 valence electrons. The zero-order valence-corrected chi connectivity index (χ0v) is 22.5. The topological polar surface area (TPSA) is 111 Å². The van der Waals surface area contributed by atoms with Gasteiger partial charge in [-0.05, 0) is 55.8 Å². The number of para-hydroxylation sites is 2. The van der Waals surface area contributed by atoms with E-state index in [2.05, 4.69) is 20.3 Å². The van der Waals surface area contributed by atoms with Gasteiger partial charge in [-0.2, -0.15) is 0 Å². The molecule has 0 bridgehead atoms. The molecule has 0 aliphatic carbocycles. The normalized spacial score (nSPS) is 17.8. The smallest absolute Gasteiger partial charge is 0.245 e. The molecule has 0 spiro atoms. The highest BCUT2D eigenvalue weighted by atomic mass is 35.5. The second kappa shape index (κ2) is 12.1. The first-order valence-corrected chi connectivity index (χ1v) is 14.8. The molecular formula is C26H34ClN5O4S. The molecule has 11 heteroatoms. The number of halogens is 1. The van der Waals surface area contributed by atoms with E-state index in [1.165, 1.54) is 0 Å². The number of nitrogens with one attached hydrogen (secondary N) is 3. The number of hydrogen-bond acceptors (Lipinski definition) is 6. The molecule has 2 aliphatic rings. The molecule has 2 saturated heterocycles. The van der Waals surface area contributed by atoms with Gasteiger partial charge in [-0.15, -0.1) is 0 Å². The molecule has 3 N–H and O–H groups in total. The molecule has 1 unspecified atom stereocenters. The second-order valence-corrected chi connectivity index (χ2v) is 11.8. The van der Waals surface area contributed by atoms with Gasteiger partial charge in [0, 0.05) is 43.5 Å². The van der Waals surface area contributed by atoms with Crippen molar-refractivity contribution < 1.29 is 18.0 Å². The SMILES string of the molecule is CS(=O)(=O)Nc1ccccc1N1CCN(C(=O)C(Cc2ccc(Cl)cc2)NC(=O)C2CCNCC2)CC1. The summed E-state index contributed by atoms with van der Waals surface area (Å²) in [5.41, 5.74) is 2.21. The molecule has 0 radical (unpaired) electrons. The fourth-order valence-corrected chi connectivity index (χ4v) is 5.55. The van der Waals surface area contributed by atoms with E-state index in [9.17, 15) is 18.0 Å². The summed E-state index contributed by atoms with van der Waals surface area (Å²) < 4.78 is 26.2. The van der Waals surface area contributed by atoms with Gasteiger partial charge in [0.15, 0.2) is 0 Å². The summed E-state index contributed by atoms with van der Waals surface area (Å²) >= 11 is 6.04. The van der Waals surface area contributed by atoms with Gasteiger partial charge < -0.3 is 20.4 Å². The number of anilines is 2. The lowest BCUT2D eigenvalue weighted by Crippen LogP contribution is -2.56. The number of carbonyl (C=O) groups excluding carboxylic acids is 2. The Labute approximate surface area is 223 Å². The van der Waals surface area contributed by atoms with Crippen molar-refractivity contribution in [3.63, 3.8) is 0 Å². The summed E-state index contributed by atoms with van der Waals surface area (Å²) in [5.74, 6) is -0.287. The molecule has 2 aromatic rings. The van der Waals surface area contributed by atoms with Crippen LogP contribution < -0.4 is 20.3 Å². The summed E-state index contributed by atoms with van der Waals surface area (Å²) in [6.07, 6.45) is 3.02. The maximum Gasteiger partial charge on any atom is 0.245 e. The molecule has 2 heterocycles. The molecule has 37 heavy (non-hydrogen) atoms. The van der Waals surface area contributed by atoms with Gasteiger partial charge in [0.1, 0.15) is 6.04 Å². The number of nitrogens with zero attached hydrogens (tertiary/aromatic N) is 2. The van der Waals surface area contributed by atoms with Crippen molar-refractivity contribution in [2.45, 2.75) is 25.3 Å². The van der Waals surface area contributed by atoms with Crippen molar-refractivity contribution in [3.8, 4) is 0 Å². The standard InChI is InChI=1S/C26H34ClN5O4S/c1-37(35,36)30-22-4-2-3-5-24(22)31-14-16-32(17-15-31)26(34)23(18-19-6-8-21(27)9-7-19)29-25(33)20-10-12-28-13-11-20/h2-9,20,23,28,30H,10-18H2,1H3,(H,29,33). The third kappa shape index (κ3) is 7.59. The van der Waals surface area contributed by atoms with Crippen molar-refractivity contribution in [3.05, 3.63) is 59.1 Å². The third-order valence-corrected chi connectivity index (χ3v) is 7.65. The van der Waals surface area contributed by atoms with Crippen molar-refractivity contribution in [1.29, 1.82) is 0 Å². The van der Waals surface area contributed by atoms with Crippen LogP contribution in [0.2, 0.25) is 5.02 Å². The molecular weight excluding hydrogens is 514 g/mol. The number of piperazine rings is 1. The molecule has 2 amide bonds. The predicted octanol–water partition coefficient (Wildman–Crippen LogP) is 2.09. The Morgan fingerprint density at radius 1 is 1.03 bits per heavy atom. The Morgan fingerprint density at radius 2 is 1.68 bits per heavy atom. The zero-order chi connectivity index (χ0) is 26.4. The Bertz CT molecular complexity index is 1190. The van der Waals surface area contributed by atoms with Gasteiger partial charge in [-0.3, -0.25) is 14.3 Å². The number of rotatable bonds is 8. The highest BCUT2D eigenvalue weighted by molar-refractivity contribution is 7.92. The molecule has 9 nitrogen and oxygen atoms in total. The third-order valence-electron chi connectivity index (χ3n) is 6.81. The Balaban J connectivity index is 1.45. The van der Waals surface area contributed by atoms with Crippen LogP contribution in [-0.4, -0.2) is 76.7 Å². The van der Waals surface area contributed by atoms with Crippen molar-refractivity contribution in [2.24, 2.45) is 5.92 Å². The molecule has 1 atom stereocenters. The molecule has 2 aromatic carbocycles. The van der Waals surface area contributed by atoms with Crippen LogP contribution >= 0.6 is 11.6 Å². The maximum atomic E-state index is 13.6. The van der Waals surface area contributed by atoms with Crippen LogP contribution in [0.3, 0.4) is 0 Å². The van der Waals surface area contributed by atoms with Gasteiger partial charge in [0.05, 0.1) is 17.6 Å². The average molecular weight is 548 g/mol. The van der Waals surface area contributed by atoms with Crippen LogP contribution in [-0.2, 0) is 26.0 Å². The Kier molecular flexibility index (Phi) is 8.94. The fourth-order valence-electron chi connectivity index (χ4n) is 4.85. The summed E-state index contributed by atoms with van der Waals surface area (Å²) in [6.45, 7) is 3.62. The summed E-state index contributed by atoms with van der Waals surface area (Å²) in [5, 5.41) is 6.93. The lowest BCUT2D eigenvalue weighted by molar-refractivity contribution is -0.138. The van der Waals surface area contributed by atoms with Crippen LogP contribution in [0.4, 0.5) is 11.4 Å². The van der Waals surface area contributed by atoms with E-state index in [0.717, 1.165) is 43.4 Å². The van der Waals surface area contributed by atoms with Crippen LogP contribution in [0, 0.1) is 5.92 Å². The molecule has 2 fully saturated rings. The summed E-state index contributed by atoms with van der Waals surface area (Å²) in [7, 11) is -3.42. The molecule has 0 saturated carbocycles. The number of carbonyl (C=O) groups is 2. The fraction of sp³-hybridized carbons (Fsp3) is 0.462. The minimum Gasteiger partial charge on any atom is -0.366 e. The number of amides is 2. The number of benzene rings is 2. The quantitative estimate of drug-likeness (QED) is 0.467.